The van der Waals surface area contributed by atoms with Crippen LogP contribution >= 0.6 is 0 Å². The van der Waals surface area contributed by atoms with Crippen LogP contribution in [0.4, 0.5) is 0 Å². The lowest BCUT2D eigenvalue weighted by molar-refractivity contribution is -0.128. The zero-order valence-electron chi connectivity index (χ0n) is 8.71. The smallest absolute Gasteiger partial charge is 0.223 e. The highest BCUT2D eigenvalue weighted by atomic mass is 16.3. The second-order valence-electron chi connectivity index (χ2n) is 3.43. The van der Waals surface area contributed by atoms with Gasteiger partial charge in [-0.15, -0.1) is 0 Å². The summed E-state index contributed by atoms with van der Waals surface area (Å²) in [4.78, 5) is 12.7. The van der Waals surface area contributed by atoms with Gasteiger partial charge in [-0.2, -0.15) is 0 Å². The molecule has 0 saturated heterocycles. The van der Waals surface area contributed by atoms with Crippen LogP contribution in [0.3, 0.4) is 0 Å². The first-order valence-corrected chi connectivity index (χ1v) is 4.63. The molecule has 0 aliphatic carbocycles. The van der Waals surface area contributed by atoms with E-state index in [0.29, 0.717) is 13.0 Å². The van der Waals surface area contributed by atoms with Gasteiger partial charge >= 0.3 is 0 Å². The SMILES string of the molecule is CC(O)CCNCCC(=O)N(C)C. The van der Waals surface area contributed by atoms with Crippen molar-refractivity contribution in [2.45, 2.75) is 25.9 Å². The van der Waals surface area contributed by atoms with Crippen LogP contribution in [0.5, 0.6) is 0 Å². The fourth-order valence-corrected chi connectivity index (χ4v) is 0.855. The lowest BCUT2D eigenvalue weighted by Crippen LogP contribution is -2.27. The molecule has 1 amide bonds. The van der Waals surface area contributed by atoms with E-state index < -0.39 is 0 Å². The van der Waals surface area contributed by atoms with Crippen molar-refractivity contribution in [2.75, 3.05) is 27.2 Å². The first kappa shape index (κ1) is 12.4. The fourth-order valence-electron chi connectivity index (χ4n) is 0.855. The quantitative estimate of drug-likeness (QED) is 0.569. The third kappa shape index (κ3) is 7.74. The number of rotatable bonds is 6. The molecule has 2 N–H and O–H groups in total. The number of hydrogen-bond acceptors (Lipinski definition) is 3. The number of amides is 1. The Bertz CT molecular complexity index is 147. The summed E-state index contributed by atoms with van der Waals surface area (Å²) in [6.45, 7) is 3.20. The van der Waals surface area contributed by atoms with Crippen molar-refractivity contribution in [2.24, 2.45) is 0 Å². The summed E-state index contributed by atoms with van der Waals surface area (Å²) in [7, 11) is 3.50. The second-order valence-corrected chi connectivity index (χ2v) is 3.43. The van der Waals surface area contributed by atoms with Crippen molar-refractivity contribution in [3.63, 3.8) is 0 Å². The van der Waals surface area contributed by atoms with Crippen molar-refractivity contribution in [1.29, 1.82) is 0 Å². The molecule has 0 heterocycles. The second kappa shape index (κ2) is 6.86. The number of nitrogens with zero attached hydrogens (tertiary/aromatic N) is 1. The van der Waals surface area contributed by atoms with Crippen molar-refractivity contribution in [3.8, 4) is 0 Å². The van der Waals surface area contributed by atoms with E-state index >= 15 is 0 Å². The summed E-state index contributed by atoms with van der Waals surface area (Å²) >= 11 is 0. The first-order valence-electron chi connectivity index (χ1n) is 4.63. The van der Waals surface area contributed by atoms with Crippen molar-refractivity contribution < 1.29 is 9.90 Å². The van der Waals surface area contributed by atoms with Gasteiger partial charge < -0.3 is 15.3 Å². The topological polar surface area (TPSA) is 52.6 Å². The molecule has 0 rings (SSSR count). The molecule has 0 saturated carbocycles. The molecule has 13 heavy (non-hydrogen) atoms. The Morgan fingerprint density at radius 3 is 2.54 bits per heavy atom. The molecule has 0 radical (unpaired) electrons. The predicted molar refractivity (Wildman–Crippen MR) is 52.5 cm³/mol. The minimum atomic E-state index is -0.267. The van der Waals surface area contributed by atoms with Crippen molar-refractivity contribution >= 4 is 5.91 Å². The Kier molecular flexibility index (Phi) is 6.54. The Labute approximate surface area is 79.9 Å². The van der Waals surface area contributed by atoms with Crippen LogP contribution in [0.15, 0.2) is 0 Å². The van der Waals surface area contributed by atoms with E-state index in [1.54, 1.807) is 25.9 Å². The summed E-state index contributed by atoms with van der Waals surface area (Å²) in [6.07, 6.45) is 0.986. The molecule has 1 atom stereocenters. The largest absolute Gasteiger partial charge is 0.393 e. The van der Waals surface area contributed by atoms with Crippen molar-refractivity contribution in [1.82, 2.24) is 10.2 Å². The molecule has 0 aliphatic rings. The van der Waals surface area contributed by atoms with Gasteiger partial charge in [-0.3, -0.25) is 4.79 Å². The van der Waals surface area contributed by atoms with Gasteiger partial charge in [0, 0.05) is 27.1 Å². The van der Waals surface area contributed by atoms with Gasteiger partial charge in [0.05, 0.1) is 6.10 Å². The van der Waals surface area contributed by atoms with Crippen LogP contribution in [0.2, 0.25) is 0 Å². The molecule has 1 unspecified atom stereocenters. The van der Waals surface area contributed by atoms with Crippen LogP contribution in [0.1, 0.15) is 19.8 Å². The van der Waals surface area contributed by atoms with E-state index in [-0.39, 0.29) is 12.0 Å². The molecular weight excluding hydrogens is 168 g/mol. The maximum Gasteiger partial charge on any atom is 0.223 e. The van der Waals surface area contributed by atoms with Gasteiger partial charge in [-0.1, -0.05) is 0 Å². The summed E-state index contributed by atoms with van der Waals surface area (Å²) in [5, 5.41) is 12.0. The highest BCUT2D eigenvalue weighted by Crippen LogP contribution is 1.88. The minimum absolute atomic E-state index is 0.129. The number of aliphatic hydroxyl groups is 1. The lowest BCUT2D eigenvalue weighted by Gasteiger charge is -2.10. The number of carbonyl (C=O) groups excluding carboxylic acids is 1. The molecule has 0 bridgehead atoms. The Morgan fingerprint density at radius 1 is 1.46 bits per heavy atom. The maximum atomic E-state index is 11.1. The third-order valence-electron chi connectivity index (χ3n) is 1.75. The highest BCUT2D eigenvalue weighted by molar-refractivity contribution is 5.75. The van der Waals surface area contributed by atoms with Crippen LogP contribution in [0.25, 0.3) is 0 Å². The molecule has 0 fully saturated rings. The van der Waals surface area contributed by atoms with Gasteiger partial charge in [0.1, 0.15) is 0 Å². The van der Waals surface area contributed by atoms with Crippen LogP contribution in [-0.2, 0) is 4.79 Å². The monoisotopic (exact) mass is 188 g/mol. The molecule has 4 heteroatoms. The highest BCUT2D eigenvalue weighted by Gasteiger charge is 2.02. The number of carbonyl (C=O) groups is 1. The first-order chi connectivity index (χ1) is 6.04. The van der Waals surface area contributed by atoms with E-state index in [9.17, 15) is 4.79 Å². The van der Waals surface area contributed by atoms with Gasteiger partial charge in [0.2, 0.25) is 5.91 Å². The van der Waals surface area contributed by atoms with E-state index in [1.165, 1.54) is 0 Å². The summed E-state index contributed by atoms with van der Waals surface area (Å²) in [5.41, 5.74) is 0. The van der Waals surface area contributed by atoms with E-state index in [2.05, 4.69) is 5.32 Å². The average Bonchev–Trinajstić information content (AvgIpc) is 2.02. The lowest BCUT2D eigenvalue weighted by atomic mass is 10.3. The fraction of sp³-hybridized carbons (Fsp3) is 0.889. The van der Waals surface area contributed by atoms with Gasteiger partial charge in [-0.05, 0) is 19.9 Å². The molecule has 4 nitrogen and oxygen atoms in total. The number of nitrogens with one attached hydrogen (secondary N) is 1. The molecule has 0 aliphatic heterocycles. The maximum absolute atomic E-state index is 11.1. The molecule has 78 valence electrons. The Morgan fingerprint density at radius 2 is 2.08 bits per heavy atom. The van der Waals surface area contributed by atoms with Crippen molar-refractivity contribution in [3.05, 3.63) is 0 Å². The predicted octanol–water partition coefficient (Wildman–Crippen LogP) is -0.175. The summed E-state index contributed by atoms with van der Waals surface area (Å²) < 4.78 is 0. The molecule has 0 aromatic carbocycles. The molecule has 0 spiro atoms. The van der Waals surface area contributed by atoms with Gasteiger partial charge in [0.15, 0.2) is 0 Å². The Hall–Kier alpha value is -0.610. The van der Waals surface area contributed by atoms with Crippen LogP contribution in [0, 0.1) is 0 Å². The Balaban J connectivity index is 3.21. The summed E-state index contributed by atoms with van der Waals surface area (Å²) in [6, 6.07) is 0. The molecule has 0 aromatic rings. The standard InChI is InChI=1S/C9H20N2O2/c1-8(12)4-6-10-7-5-9(13)11(2)3/h8,10,12H,4-7H2,1-3H3. The number of aliphatic hydroxyl groups excluding tert-OH is 1. The van der Waals surface area contributed by atoms with E-state index in [4.69, 9.17) is 5.11 Å². The molecule has 0 aromatic heterocycles. The van der Waals surface area contributed by atoms with Crippen LogP contribution in [-0.4, -0.2) is 49.2 Å². The minimum Gasteiger partial charge on any atom is -0.393 e. The normalized spacial score (nSPS) is 12.6. The zero-order chi connectivity index (χ0) is 10.3. The van der Waals surface area contributed by atoms with Crippen LogP contribution < -0.4 is 5.32 Å². The summed E-state index contributed by atoms with van der Waals surface area (Å²) in [5.74, 6) is 0.129. The third-order valence-corrected chi connectivity index (χ3v) is 1.75. The van der Waals surface area contributed by atoms with Gasteiger partial charge in [-0.25, -0.2) is 0 Å². The van der Waals surface area contributed by atoms with Gasteiger partial charge in [0.25, 0.3) is 0 Å². The molecular formula is C9H20N2O2. The number of hydrogen-bond donors (Lipinski definition) is 2. The van der Waals surface area contributed by atoms with E-state index in [0.717, 1.165) is 13.0 Å². The average molecular weight is 188 g/mol. The zero-order valence-corrected chi connectivity index (χ0v) is 8.71. The van der Waals surface area contributed by atoms with E-state index in [1.807, 2.05) is 0 Å².